The Bertz CT molecular complexity index is 2830. The Kier molecular flexibility index (Phi) is 15.1. The highest BCUT2D eigenvalue weighted by molar-refractivity contribution is 7.20. The van der Waals surface area contributed by atoms with E-state index in [4.69, 9.17) is 28.7 Å². The zero-order valence-corrected chi connectivity index (χ0v) is 39.2. The van der Waals surface area contributed by atoms with Crippen LogP contribution in [-0.4, -0.2) is 115 Å². The van der Waals surface area contributed by atoms with Crippen LogP contribution in [0.5, 0.6) is 5.75 Å². The fraction of sp³-hybridized carbons (Fsp3) is 0.460. The summed E-state index contributed by atoms with van der Waals surface area (Å²) >= 11 is 1.60. The number of benzene rings is 3. The molecule has 3 aromatic heterocycles. The minimum absolute atomic E-state index is 0.0309. The number of pyridine rings is 1. The molecule has 6 aromatic rings. The van der Waals surface area contributed by atoms with Crippen LogP contribution in [0.1, 0.15) is 68.2 Å². The zero-order chi connectivity index (χ0) is 47.1. The van der Waals surface area contributed by atoms with E-state index in [0.29, 0.717) is 58.2 Å². The highest BCUT2D eigenvalue weighted by Gasteiger charge is 2.32. The maximum Gasteiger partial charge on any atom is 0.329 e. The van der Waals surface area contributed by atoms with Crippen molar-refractivity contribution in [2.24, 2.45) is 7.05 Å². The number of anilines is 1. The number of para-hydroxylation sites is 1. The summed E-state index contributed by atoms with van der Waals surface area (Å²) in [6.07, 6.45) is 3.68. The van der Waals surface area contributed by atoms with Crippen LogP contribution < -0.4 is 31.7 Å². The van der Waals surface area contributed by atoms with E-state index in [-0.39, 0.29) is 55.1 Å². The van der Waals surface area contributed by atoms with Gasteiger partial charge in [-0.1, -0.05) is 24.3 Å². The molecule has 5 N–H and O–H groups in total. The Labute approximate surface area is 397 Å². The molecular formula is C50H59N7O10S. The summed E-state index contributed by atoms with van der Waals surface area (Å²) in [5, 5.41) is 25.2. The largest absolute Gasteiger partial charge is 0.490 e. The molecule has 0 bridgehead atoms. The Hall–Kier alpha value is -5.73. The third kappa shape index (κ3) is 10.8. The number of imide groups is 1. The van der Waals surface area contributed by atoms with E-state index in [1.54, 1.807) is 23.0 Å². The smallest absolute Gasteiger partial charge is 0.329 e. The van der Waals surface area contributed by atoms with Crippen LogP contribution in [0.4, 0.5) is 5.69 Å². The standard InChI is InChI=1S/C50H59N7O10S/c1-30-28-51-45-44-36-13-14-37(54-38(36)15-17-41(44)68-47(45)49(61)52-30)32-6-3-7-35(27-32)67-34-11-9-33(10-12-34)53-43(59)29-66-26-25-65-24-23-64-22-21-63-20-19-31-5-4-8-39-46(31)56(2)50(62)57(39)40-16-18-42(58)55-48(40)60/h3-8,13-15,17,27,30,33-34,40,49,51-52,61H,9-12,16,18-26,28-29H2,1-2H3,(H,53,59)(H,55,58,60)/t30-,33?,34?,40?,49?/m1/s1. The lowest BCUT2D eigenvalue weighted by Gasteiger charge is -2.29. The molecule has 3 aromatic carbocycles. The van der Waals surface area contributed by atoms with Gasteiger partial charge in [-0.15, -0.1) is 11.3 Å². The maximum absolute atomic E-state index is 13.2. The Balaban J connectivity index is 0.624. The molecule has 3 amide bonds. The van der Waals surface area contributed by atoms with Gasteiger partial charge in [0.2, 0.25) is 17.7 Å². The topological polar surface area (TPSA) is 206 Å². The Morgan fingerprint density at radius 3 is 2.41 bits per heavy atom. The van der Waals surface area contributed by atoms with E-state index in [1.165, 1.54) is 4.57 Å². The molecule has 17 nitrogen and oxygen atoms in total. The van der Waals surface area contributed by atoms with Crippen molar-refractivity contribution >= 4 is 66.8 Å². The maximum atomic E-state index is 13.2. The zero-order valence-electron chi connectivity index (χ0n) is 38.4. The predicted molar refractivity (Wildman–Crippen MR) is 259 cm³/mol. The van der Waals surface area contributed by atoms with Crippen molar-refractivity contribution in [2.75, 3.05) is 64.7 Å². The molecule has 0 radical (unpaired) electrons. The lowest BCUT2D eigenvalue weighted by atomic mass is 9.93. The minimum Gasteiger partial charge on any atom is -0.490 e. The number of hydrogen-bond donors (Lipinski definition) is 5. The van der Waals surface area contributed by atoms with Crippen LogP contribution in [0.15, 0.2) is 71.5 Å². The second-order valence-corrected chi connectivity index (χ2v) is 18.8. The van der Waals surface area contributed by atoms with E-state index < -0.39 is 18.2 Å². The number of aliphatic hydroxyl groups is 1. The first kappa shape index (κ1) is 47.3. The van der Waals surface area contributed by atoms with Gasteiger partial charge in [-0.2, -0.15) is 0 Å². The van der Waals surface area contributed by atoms with Gasteiger partial charge in [0.1, 0.15) is 24.6 Å². The number of aliphatic hydroxyl groups excluding tert-OH is 1. The number of ether oxygens (including phenoxy) is 5. The molecule has 1 saturated carbocycles. The molecule has 2 aliphatic heterocycles. The van der Waals surface area contributed by atoms with E-state index in [1.807, 2.05) is 48.5 Å². The van der Waals surface area contributed by atoms with E-state index >= 15 is 0 Å². The highest BCUT2D eigenvalue weighted by atomic mass is 32.1. The number of thiophene rings is 1. The number of aromatic nitrogens is 3. The molecular weight excluding hydrogens is 891 g/mol. The molecule has 3 aliphatic rings. The van der Waals surface area contributed by atoms with Gasteiger partial charge in [-0.3, -0.25) is 34.2 Å². The molecule has 2 fully saturated rings. The molecule has 5 heterocycles. The minimum atomic E-state index is -0.727. The molecule has 1 saturated heterocycles. The number of carbonyl (C=O) groups excluding carboxylic acids is 3. The highest BCUT2D eigenvalue weighted by Crippen LogP contribution is 2.44. The SMILES string of the molecule is C[C@@H]1CNc2c(sc3ccc4nc(-c5cccc(OC6CCC(NC(=O)COCCOCCOCCOCCc7cccc8c7n(C)c(=O)n8C7CCC(=O)NC7=O)CC6)c5)ccc4c23)C(O)N1. The normalized spacial score (nSPS) is 20.8. The molecule has 3 atom stereocenters. The van der Waals surface area contributed by atoms with Crippen molar-refractivity contribution in [3.05, 3.63) is 87.7 Å². The molecule has 360 valence electrons. The average Bonchev–Trinajstić information content (AvgIpc) is 3.79. The van der Waals surface area contributed by atoms with E-state index in [2.05, 4.69) is 46.4 Å². The molecule has 1 aliphatic carbocycles. The number of amides is 3. The second kappa shape index (κ2) is 21.7. The molecule has 0 spiro atoms. The van der Waals surface area contributed by atoms with Gasteiger partial charge in [-0.25, -0.2) is 9.78 Å². The summed E-state index contributed by atoms with van der Waals surface area (Å²) in [6.45, 7) is 5.36. The predicted octanol–water partition coefficient (Wildman–Crippen LogP) is 5.26. The number of rotatable bonds is 19. The second-order valence-electron chi connectivity index (χ2n) is 17.7. The van der Waals surface area contributed by atoms with E-state index in [9.17, 15) is 24.3 Å². The van der Waals surface area contributed by atoms with Crippen LogP contribution in [0.25, 0.3) is 43.3 Å². The summed E-state index contributed by atoms with van der Waals surface area (Å²) in [4.78, 5) is 55.9. The average molecular weight is 950 g/mol. The van der Waals surface area contributed by atoms with Crippen molar-refractivity contribution in [1.82, 2.24) is 30.1 Å². The van der Waals surface area contributed by atoms with Crippen LogP contribution in [0.3, 0.4) is 0 Å². The number of hydrogen-bond acceptors (Lipinski definition) is 14. The fourth-order valence-electron chi connectivity index (χ4n) is 9.48. The number of aryl methyl sites for hydroxylation is 1. The van der Waals surface area contributed by atoms with E-state index in [0.717, 1.165) is 91.9 Å². The molecule has 2 unspecified atom stereocenters. The fourth-order valence-corrected chi connectivity index (χ4v) is 10.6. The van der Waals surface area contributed by atoms with Gasteiger partial charge < -0.3 is 39.4 Å². The number of nitrogens with one attached hydrogen (secondary N) is 4. The monoisotopic (exact) mass is 949 g/mol. The lowest BCUT2D eigenvalue weighted by Crippen LogP contribution is -2.44. The van der Waals surface area contributed by atoms with Crippen molar-refractivity contribution in [1.29, 1.82) is 0 Å². The van der Waals surface area contributed by atoms with Crippen molar-refractivity contribution in [3.8, 4) is 17.0 Å². The van der Waals surface area contributed by atoms with Gasteiger partial charge in [0.15, 0.2) is 0 Å². The number of carbonyl (C=O) groups is 3. The Morgan fingerprint density at radius 2 is 1.63 bits per heavy atom. The third-order valence-corrected chi connectivity index (χ3v) is 14.1. The summed E-state index contributed by atoms with van der Waals surface area (Å²) < 4.78 is 33.2. The summed E-state index contributed by atoms with van der Waals surface area (Å²) in [6, 6.07) is 21.5. The number of imidazole rings is 1. The van der Waals surface area contributed by atoms with Crippen LogP contribution in [-0.2, 0) is 46.8 Å². The number of piperidine rings is 1. The molecule has 68 heavy (non-hydrogen) atoms. The van der Waals surface area contributed by atoms with Crippen LogP contribution in [0, 0.1) is 0 Å². The van der Waals surface area contributed by atoms with Crippen molar-refractivity contribution < 1.29 is 43.2 Å². The van der Waals surface area contributed by atoms with Crippen molar-refractivity contribution in [2.45, 2.75) is 82.3 Å². The van der Waals surface area contributed by atoms with Gasteiger partial charge >= 0.3 is 5.69 Å². The van der Waals surface area contributed by atoms with Crippen LogP contribution >= 0.6 is 11.3 Å². The lowest BCUT2D eigenvalue weighted by molar-refractivity contribution is -0.135. The Morgan fingerprint density at radius 1 is 0.882 bits per heavy atom. The first-order valence-corrected chi connectivity index (χ1v) is 24.4. The number of fused-ring (bicyclic) bond motifs is 6. The first-order valence-electron chi connectivity index (χ1n) is 23.6. The molecule has 18 heteroatoms. The molecule has 9 rings (SSSR count). The van der Waals surface area contributed by atoms with Gasteiger partial charge in [0.05, 0.1) is 85.2 Å². The van der Waals surface area contributed by atoms with Crippen molar-refractivity contribution in [3.63, 3.8) is 0 Å². The van der Waals surface area contributed by atoms with Gasteiger partial charge in [0, 0.05) is 53.1 Å². The van der Waals surface area contributed by atoms with Gasteiger partial charge in [0.25, 0.3) is 0 Å². The summed E-state index contributed by atoms with van der Waals surface area (Å²) in [7, 11) is 1.69. The van der Waals surface area contributed by atoms with Crippen LogP contribution in [0.2, 0.25) is 0 Å². The third-order valence-electron chi connectivity index (χ3n) is 12.9. The first-order chi connectivity index (χ1) is 33.1. The summed E-state index contributed by atoms with van der Waals surface area (Å²) in [5.41, 5.74) is 5.73. The van der Waals surface area contributed by atoms with Gasteiger partial charge in [-0.05, 0) is 93.5 Å². The summed E-state index contributed by atoms with van der Waals surface area (Å²) in [5.74, 6) is -0.130. The quantitative estimate of drug-likeness (QED) is 0.0520. The number of nitrogens with zero attached hydrogens (tertiary/aromatic N) is 3.